The first-order chi connectivity index (χ1) is 13.7. The van der Waals surface area contributed by atoms with E-state index in [9.17, 15) is 5.11 Å². The van der Waals surface area contributed by atoms with E-state index >= 15 is 0 Å². The van der Waals surface area contributed by atoms with Gasteiger partial charge in [-0.2, -0.15) is 4.98 Å². The van der Waals surface area contributed by atoms with E-state index in [1.54, 1.807) is 0 Å². The van der Waals surface area contributed by atoms with Crippen molar-refractivity contribution in [3.05, 3.63) is 42.2 Å². The molecule has 5 nitrogen and oxygen atoms in total. The van der Waals surface area contributed by atoms with Gasteiger partial charge in [0.1, 0.15) is 5.65 Å². The van der Waals surface area contributed by atoms with Crippen molar-refractivity contribution in [3.63, 3.8) is 0 Å². The highest BCUT2D eigenvalue weighted by Gasteiger charge is 2.24. The highest BCUT2D eigenvalue weighted by Crippen LogP contribution is 2.36. The van der Waals surface area contributed by atoms with E-state index in [-0.39, 0.29) is 6.10 Å². The van der Waals surface area contributed by atoms with E-state index in [2.05, 4.69) is 59.2 Å². The number of nitrogens with one attached hydrogen (secondary N) is 1. The molecular weight excluding hydrogens is 348 g/mol. The Morgan fingerprint density at radius 1 is 1.14 bits per heavy atom. The minimum absolute atomic E-state index is 0.157. The summed E-state index contributed by atoms with van der Waals surface area (Å²) < 4.78 is 2.32. The molecule has 2 N–H and O–H groups in total. The van der Waals surface area contributed by atoms with Crippen molar-refractivity contribution in [2.45, 2.75) is 64.5 Å². The standard InChI is InChI=1S/C23H30N4O/c1-3-4-13-24-23-25-14-20-21(17-7-5-16(2)6-8-17)15-27(22(20)26-23)18-9-11-19(28)12-10-18/h5-8,14-15,18-19,28H,3-4,9-13H2,1-2H3,(H,24,25,26). The van der Waals surface area contributed by atoms with Crippen LogP contribution in [0.3, 0.4) is 0 Å². The molecule has 1 fully saturated rings. The Balaban J connectivity index is 1.75. The summed E-state index contributed by atoms with van der Waals surface area (Å²) in [4.78, 5) is 9.46. The fourth-order valence-electron chi connectivity index (χ4n) is 4.07. The largest absolute Gasteiger partial charge is 0.393 e. The van der Waals surface area contributed by atoms with Gasteiger partial charge in [0, 0.05) is 35.9 Å². The third-order valence-electron chi connectivity index (χ3n) is 5.81. The van der Waals surface area contributed by atoms with Gasteiger partial charge < -0.3 is 15.0 Å². The van der Waals surface area contributed by atoms with Gasteiger partial charge in [-0.05, 0) is 44.6 Å². The fraction of sp³-hybridized carbons (Fsp3) is 0.478. The minimum atomic E-state index is -0.157. The molecule has 2 heterocycles. The van der Waals surface area contributed by atoms with Gasteiger partial charge in [-0.25, -0.2) is 4.98 Å². The molecule has 3 aromatic rings. The van der Waals surface area contributed by atoms with Crippen LogP contribution in [0.2, 0.25) is 0 Å². The SMILES string of the molecule is CCCCNc1ncc2c(-c3ccc(C)cc3)cn(C3CCC(O)CC3)c2n1. The molecule has 0 unspecified atom stereocenters. The molecule has 0 saturated heterocycles. The van der Waals surface area contributed by atoms with Gasteiger partial charge in [0.05, 0.1) is 6.10 Å². The van der Waals surface area contributed by atoms with Gasteiger partial charge in [-0.1, -0.05) is 43.2 Å². The first-order valence-electron chi connectivity index (χ1n) is 10.5. The molecular formula is C23H30N4O. The molecule has 0 aliphatic heterocycles. The average Bonchev–Trinajstić information content (AvgIpc) is 3.08. The number of benzene rings is 1. The highest BCUT2D eigenvalue weighted by atomic mass is 16.3. The summed E-state index contributed by atoms with van der Waals surface area (Å²) in [5, 5.41) is 14.4. The Morgan fingerprint density at radius 2 is 1.89 bits per heavy atom. The van der Waals surface area contributed by atoms with Crippen LogP contribution < -0.4 is 5.32 Å². The molecule has 148 valence electrons. The maximum absolute atomic E-state index is 9.92. The fourth-order valence-corrected chi connectivity index (χ4v) is 4.07. The van der Waals surface area contributed by atoms with Gasteiger partial charge in [-0.3, -0.25) is 0 Å². The third kappa shape index (κ3) is 3.90. The number of aliphatic hydroxyl groups is 1. The molecule has 0 amide bonds. The lowest BCUT2D eigenvalue weighted by Gasteiger charge is -2.27. The number of hydrogen-bond acceptors (Lipinski definition) is 4. The van der Waals surface area contributed by atoms with E-state index in [1.165, 1.54) is 16.7 Å². The molecule has 1 aliphatic carbocycles. The molecule has 4 rings (SSSR count). The second-order valence-electron chi connectivity index (χ2n) is 7.99. The van der Waals surface area contributed by atoms with Crippen molar-refractivity contribution >= 4 is 17.0 Å². The topological polar surface area (TPSA) is 63.0 Å². The molecule has 1 saturated carbocycles. The Labute approximate surface area is 166 Å². The number of fused-ring (bicyclic) bond motifs is 1. The molecule has 0 bridgehead atoms. The summed E-state index contributed by atoms with van der Waals surface area (Å²) in [7, 11) is 0. The summed E-state index contributed by atoms with van der Waals surface area (Å²) in [5.41, 5.74) is 4.63. The lowest BCUT2D eigenvalue weighted by molar-refractivity contribution is 0.111. The Bertz CT molecular complexity index is 924. The van der Waals surface area contributed by atoms with E-state index in [1.807, 2.05) is 6.20 Å². The Kier molecular flexibility index (Phi) is 5.62. The van der Waals surface area contributed by atoms with Gasteiger partial charge in [-0.15, -0.1) is 0 Å². The smallest absolute Gasteiger partial charge is 0.224 e. The highest BCUT2D eigenvalue weighted by molar-refractivity contribution is 5.94. The van der Waals surface area contributed by atoms with Crippen LogP contribution >= 0.6 is 0 Å². The van der Waals surface area contributed by atoms with Crippen LogP contribution in [0, 0.1) is 6.92 Å². The maximum atomic E-state index is 9.92. The van der Waals surface area contributed by atoms with Crippen molar-refractivity contribution in [2.75, 3.05) is 11.9 Å². The van der Waals surface area contributed by atoms with Crippen LogP contribution in [0.4, 0.5) is 5.95 Å². The van der Waals surface area contributed by atoms with Crippen LogP contribution in [-0.4, -0.2) is 32.3 Å². The normalized spacial score (nSPS) is 19.8. The molecule has 1 aliphatic rings. The van der Waals surface area contributed by atoms with Crippen LogP contribution in [0.5, 0.6) is 0 Å². The number of hydrogen-bond donors (Lipinski definition) is 2. The summed E-state index contributed by atoms with van der Waals surface area (Å²) >= 11 is 0. The van der Waals surface area contributed by atoms with Crippen LogP contribution in [-0.2, 0) is 0 Å². The van der Waals surface area contributed by atoms with Crippen molar-refractivity contribution in [1.82, 2.24) is 14.5 Å². The third-order valence-corrected chi connectivity index (χ3v) is 5.81. The maximum Gasteiger partial charge on any atom is 0.224 e. The van der Waals surface area contributed by atoms with Gasteiger partial charge in [0.15, 0.2) is 0 Å². The number of anilines is 1. The number of nitrogens with zero attached hydrogens (tertiary/aromatic N) is 3. The van der Waals surface area contributed by atoms with Crippen LogP contribution in [0.15, 0.2) is 36.7 Å². The first kappa shape index (κ1) is 18.9. The quantitative estimate of drug-likeness (QED) is 0.586. The van der Waals surface area contributed by atoms with Gasteiger partial charge >= 0.3 is 0 Å². The molecule has 2 aromatic heterocycles. The predicted octanol–water partition coefficient (Wildman–Crippen LogP) is 5.09. The number of aliphatic hydroxyl groups excluding tert-OH is 1. The molecule has 0 atom stereocenters. The lowest BCUT2D eigenvalue weighted by Crippen LogP contribution is -2.21. The monoisotopic (exact) mass is 378 g/mol. The number of unbranched alkanes of at least 4 members (excludes halogenated alkanes) is 1. The van der Waals surface area contributed by atoms with Crippen LogP contribution in [0.25, 0.3) is 22.2 Å². The molecule has 1 aromatic carbocycles. The zero-order valence-electron chi connectivity index (χ0n) is 16.9. The van der Waals surface area contributed by atoms with Crippen molar-refractivity contribution in [2.24, 2.45) is 0 Å². The van der Waals surface area contributed by atoms with Gasteiger partial charge in [0.25, 0.3) is 0 Å². The van der Waals surface area contributed by atoms with Crippen LogP contribution in [0.1, 0.15) is 57.1 Å². The minimum Gasteiger partial charge on any atom is -0.393 e. The number of aryl methyl sites for hydroxylation is 1. The molecule has 28 heavy (non-hydrogen) atoms. The second-order valence-corrected chi connectivity index (χ2v) is 7.99. The molecule has 0 radical (unpaired) electrons. The summed E-state index contributed by atoms with van der Waals surface area (Å²) in [6.45, 7) is 5.18. The lowest BCUT2D eigenvalue weighted by atomic mass is 9.93. The molecule has 0 spiro atoms. The average molecular weight is 379 g/mol. The van der Waals surface area contributed by atoms with Gasteiger partial charge in [0.2, 0.25) is 5.95 Å². The number of aromatic nitrogens is 3. The van der Waals surface area contributed by atoms with E-state index in [4.69, 9.17) is 4.98 Å². The van der Waals surface area contributed by atoms with Crippen molar-refractivity contribution in [1.29, 1.82) is 0 Å². The number of rotatable bonds is 6. The second kappa shape index (κ2) is 8.31. The van der Waals surface area contributed by atoms with Crippen molar-refractivity contribution in [3.8, 4) is 11.1 Å². The Morgan fingerprint density at radius 3 is 2.61 bits per heavy atom. The van der Waals surface area contributed by atoms with Crippen molar-refractivity contribution < 1.29 is 5.11 Å². The van der Waals surface area contributed by atoms with E-state index in [0.717, 1.165) is 56.1 Å². The first-order valence-corrected chi connectivity index (χ1v) is 10.5. The summed E-state index contributed by atoms with van der Waals surface area (Å²) in [5.74, 6) is 0.701. The molecule has 5 heteroatoms. The zero-order valence-corrected chi connectivity index (χ0v) is 16.9. The Hall–Kier alpha value is -2.40. The summed E-state index contributed by atoms with van der Waals surface area (Å²) in [6.07, 6.45) is 9.98. The zero-order chi connectivity index (χ0) is 19.5. The summed E-state index contributed by atoms with van der Waals surface area (Å²) in [6, 6.07) is 9.02. The van der Waals surface area contributed by atoms with E-state index < -0.39 is 0 Å². The van der Waals surface area contributed by atoms with E-state index in [0.29, 0.717) is 12.0 Å². The predicted molar refractivity (Wildman–Crippen MR) is 115 cm³/mol.